The van der Waals surface area contributed by atoms with Gasteiger partial charge in [-0.05, 0) is 84.0 Å². The number of nitrogens with one attached hydrogen (secondary N) is 1. The molecule has 2 aliphatic carbocycles. The van der Waals surface area contributed by atoms with Crippen molar-refractivity contribution in [1.29, 1.82) is 0 Å². The third-order valence-corrected chi connectivity index (χ3v) is 7.03. The Kier molecular flexibility index (Phi) is 5.48. The van der Waals surface area contributed by atoms with Crippen molar-refractivity contribution in [1.82, 2.24) is 5.32 Å². The number of aliphatic carboxylic acids is 1. The number of ether oxygens (including phenoxy) is 1. The predicted molar refractivity (Wildman–Crippen MR) is 126 cm³/mol. The van der Waals surface area contributed by atoms with Crippen LogP contribution < -0.4 is 10.1 Å². The lowest BCUT2D eigenvalue weighted by Crippen LogP contribution is -2.38. The normalized spacial score (nSPS) is 15.9. The summed E-state index contributed by atoms with van der Waals surface area (Å²) in [6, 6.07) is 21.0. The van der Waals surface area contributed by atoms with Gasteiger partial charge in [-0.15, -0.1) is 0 Å². The molecule has 3 aromatic carbocycles. The molecule has 0 spiro atoms. The van der Waals surface area contributed by atoms with E-state index in [1.165, 1.54) is 38.9 Å². The highest BCUT2D eigenvalue weighted by atomic mass is 16.5. The molecule has 1 fully saturated rings. The Morgan fingerprint density at radius 3 is 2.50 bits per heavy atom. The van der Waals surface area contributed by atoms with Gasteiger partial charge in [0.15, 0.2) is 0 Å². The van der Waals surface area contributed by atoms with E-state index in [1.54, 1.807) is 0 Å². The van der Waals surface area contributed by atoms with E-state index in [-0.39, 0.29) is 0 Å². The number of carbonyl (C=O) groups is 1. The molecule has 0 aromatic heterocycles. The van der Waals surface area contributed by atoms with Gasteiger partial charge >= 0.3 is 5.97 Å². The summed E-state index contributed by atoms with van der Waals surface area (Å²) >= 11 is 0. The number of hydrogen-bond donors (Lipinski definition) is 2. The molecule has 0 saturated heterocycles. The summed E-state index contributed by atoms with van der Waals surface area (Å²) in [5, 5.41) is 12.7. The number of hydrogen-bond acceptors (Lipinski definition) is 3. The molecule has 0 aliphatic heterocycles. The molecule has 2 N–H and O–H groups in total. The zero-order valence-electron chi connectivity index (χ0n) is 18.5. The zero-order valence-corrected chi connectivity index (χ0v) is 18.5. The maximum Gasteiger partial charge on any atom is 0.323 e. The molecule has 0 atom stereocenters. The Labute approximate surface area is 189 Å². The second-order valence-electron chi connectivity index (χ2n) is 9.02. The van der Waals surface area contributed by atoms with Gasteiger partial charge in [-0.25, -0.2) is 0 Å². The lowest BCUT2D eigenvalue weighted by molar-refractivity contribution is -0.140. The highest BCUT2D eigenvalue weighted by molar-refractivity contribution is 5.82. The highest BCUT2D eigenvalue weighted by Gasteiger charge is 2.49. The maximum atomic E-state index is 11.5. The van der Waals surface area contributed by atoms with Crippen LogP contribution in [0, 0.1) is 6.92 Å². The van der Waals surface area contributed by atoms with Crippen LogP contribution >= 0.6 is 0 Å². The van der Waals surface area contributed by atoms with Crippen LogP contribution in [0.1, 0.15) is 47.1 Å². The summed E-state index contributed by atoms with van der Waals surface area (Å²) in [7, 11) is 0. The van der Waals surface area contributed by atoms with Crippen LogP contribution in [-0.2, 0) is 30.8 Å². The molecule has 0 unspecified atom stereocenters. The smallest absolute Gasteiger partial charge is 0.323 e. The fourth-order valence-corrected chi connectivity index (χ4v) is 4.83. The van der Waals surface area contributed by atoms with Gasteiger partial charge in [0.25, 0.3) is 0 Å². The van der Waals surface area contributed by atoms with Crippen molar-refractivity contribution >= 4 is 5.97 Å². The van der Waals surface area contributed by atoms with E-state index in [0.717, 1.165) is 25.0 Å². The Morgan fingerprint density at radius 1 is 0.969 bits per heavy atom. The first kappa shape index (κ1) is 20.8. The van der Waals surface area contributed by atoms with Gasteiger partial charge in [-0.1, -0.05) is 54.6 Å². The number of carboxylic acids is 1. The van der Waals surface area contributed by atoms with E-state index in [1.807, 2.05) is 6.07 Å². The van der Waals surface area contributed by atoms with Crippen LogP contribution in [0.4, 0.5) is 0 Å². The number of rotatable bonds is 8. The van der Waals surface area contributed by atoms with E-state index in [0.29, 0.717) is 26.0 Å². The van der Waals surface area contributed by atoms with Crippen molar-refractivity contribution in [3.63, 3.8) is 0 Å². The van der Waals surface area contributed by atoms with E-state index in [2.05, 4.69) is 66.8 Å². The monoisotopic (exact) mass is 427 g/mol. The zero-order chi connectivity index (χ0) is 22.1. The minimum atomic E-state index is -0.734. The molecule has 0 radical (unpaired) electrons. The summed E-state index contributed by atoms with van der Waals surface area (Å²) in [4.78, 5) is 11.5. The standard InChI is InChI=1S/C28H29NO3/c1-19-22(9-5-10-23(19)20-7-3-2-4-8-20)18-32-26-14-13-21(24-11-6-12-25(24)26)17-29-28(15-16-28)27(30)31/h2-5,7-10,13-14,29H,6,11-12,15-18H2,1H3,(H,30,31). The summed E-state index contributed by atoms with van der Waals surface area (Å²) in [6.07, 6.45) is 4.60. The number of carboxylic acid groups (broad SMARTS) is 1. The summed E-state index contributed by atoms with van der Waals surface area (Å²) in [5.74, 6) is 0.229. The van der Waals surface area contributed by atoms with Crippen molar-refractivity contribution in [2.75, 3.05) is 0 Å². The lowest BCUT2D eigenvalue weighted by atomic mass is 9.97. The molecular weight excluding hydrogens is 398 g/mol. The third-order valence-electron chi connectivity index (χ3n) is 7.03. The van der Waals surface area contributed by atoms with Crippen molar-refractivity contribution in [2.45, 2.75) is 57.7 Å². The van der Waals surface area contributed by atoms with Crippen LogP contribution in [0.3, 0.4) is 0 Å². The minimum Gasteiger partial charge on any atom is -0.489 e. The van der Waals surface area contributed by atoms with Crippen LogP contribution in [0.25, 0.3) is 11.1 Å². The Balaban J connectivity index is 1.33. The molecule has 3 aromatic rings. The summed E-state index contributed by atoms with van der Waals surface area (Å²) in [5.41, 5.74) is 8.04. The molecule has 2 aliphatic rings. The van der Waals surface area contributed by atoms with E-state index >= 15 is 0 Å². The van der Waals surface area contributed by atoms with Crippen molar-refractivity contribution in [3.05, 3.63) is 88.5 Å². The van der Waals surface area contributed by atoms with Crippen molar-refractivity contribution in [3.8, 4) is 16.9 Å². The second-order valence-corrected chi connectivity index (χ2v) is 9.02. The minimum absolute atomic E-state index is 0.540. The van der Waals surface area contributed by atoms with Gasteiger partial charge in [0.2, 0.25) is 0 Å². The van der Waals surface area contributed by atoms with Crippen LogP contribution in [0.2, 0.25) is 0 Å². The van der Waals surface area contributed by atoms with E-state index in [4.69, 9.17) is 4.74 Å². The summed E-state index contributed by atoms with van der Waals surface area (Å²) in [6.45, 7) is 3.31. The fourth-order valence-electron chi connectivity index (χ4n) is 4.83. The fraction of sp³-hybridized carbons (Fsp3) is 0.321. The Morgan fingerprint density at radius 2 is 1.75 bits per heavy atom. The second kappa shape index (κ2) is 8.44. The highest BCUT2D eigenvalue weighted by Crippen LogP contribution is 2.38. The largest absolute Gasteiger partial charge is 0.489 e. The first-order chi connectivity index (χ1) is 15.6. The molecule has 0 bridgehead atoms. The SMILES string of the molecule is Cc1c(COc2ccc(CNC3(C(=O)O)CC3)c3c2CCC3)cccc1-c1ccccc1. The molecule has 1 saturated carbocycles. The van der Waals surface area contributed by atoms with Gasteiger partial charge in [0.05, 0.1) is 0 Å². The van der Waals surface area contributed by atoms with Gasteiger partial charge in [-0.3, -0.25) is 10.1 Å². The Hall–Kier alpha value is -3.11. The van der Waals surface area contributed by atoms with Gasteiger partial charge in [0, 0.05) is 6.54 Å². The van der Waals surface area contributed by atoms with Crippen molar-refractivity contribution in [2.24, 2.45) is 0 Å². The maximum absolute atomic E-state index is 11.5. The molecule has 4 heteroatoms. The third kappa shape index (κ3) is 3.91. The molecule has 164 valence electrons. The van der Waals surface area contributed by atoms with Crippen molar-refractivity contribution < 1.29 is 14.6 Å². The molecule has 4 nitrogen and oxygen atoms in total. The molecule has 5 rings (SSSR count). The van der Waals surface area contributed by atoms with E-state index < -0.39 is 11.5 Å². The topological polar surface area (TPSA) is 58.6 Å². The molecule has 0 amide bonds. The first-order valence-corrected chi connectivity index (χ1v) is 11.5. The van der Waals surface area contributed by atoms with Gasteiger partial charge in [-0.2, -0.15) is 0 Å². The quantitative estimate of drug-likeness (QED) is 0.503. The van der Waals surface area contributed by atoms with Crippen LogP contribution in [-0.4, -0.2) is 16.6 Å². The number of benzene rings is 3. The molecular formula is C28H29NO3. The van der Waals surface area contributed by atoms with Crippen LogP contribution in [0.5, 0.6) is 5.75 Å². The lowest BCUT2D eigenvalue weighted by Gasteiger charge is -2.18. The van der Waals surface area contributed by atoms with Gasteiger partial charge < -0.3 is 9.84 Å². The molecule has 32 heavy (non-hydrogen) atoms. The average molecular weight is 428 g/mol. The van der Waals surface area contributed by atoms with Gasteiger partial charge in [0.1, 0.15) is 17.9 Å². The predicted octanol–water partition coefficient (Wildman–Crippen LogP) is 5.44. The van der Waals surface area contributed by atoms with E-state index in [9.17, 15) is 9.90 Å². The number of fused-ring (bicyclic) bond motifs is 1. The molecule has 0 heterocycles. The summed E-state index contributed by atoms with van der Waals surface area (Å²) < 4.78 is 6.34. The Bertz CT molecular complexity index is 1150. The first-order valence-electron chi connectivity index (χ1n) is 11.5. The van der Waals surface area contributed by atoms with Crippen LogP contribution in [0.15, 0.2) is 60.7 Å². The average Bonchev–Trinajstić information content (AvgIpc) is 3.45.